The van der Waals surface area contributed by atoms with Gasteiger partial charge in [-0.15, -0.1) is 0 Å². The monoisotopic (exact) mass is 376 g/mol. The van der Waals surface area contributed by atoms with E-state index in [4.69, 9.17) is 9.26 Å². The van der Waals surface area contributed by atoms with Crippen LogP contribution >= 0.6 is 0 Å². The maximum atomic E-state index is 12.8. The topological polar surface area (TPSA) is 71.7 Å². The van der Waals surface area contributed by atoms with Gasteiger partial charge in [-0.25, -0.2) is 9.38 Å². The zero-order valence-corrected chi connectivity index (χ0v) is 16.3. The number of aliphatic imine (C=N–C) groups is 1. The van der Waals surface area contributed by atoms with Gasteiger partial charge in [0.15, 0.2) is 11.7 Å². The lowest BCUT2D eigenvalue weighted by atomic mass is 10.1. The molecule has 2 aromatic rings. The Morgan fingerprint density at radius 2 is 2.00 bits per heavy atom. The number of nitrogens with one attached hydrogen (secondary N) is 2. The first-order valence-corrected chi connectivity index (χ1v) is 9.44. The van der Waals surface area contributed by atoms with E-state index in [1.54, 1.807) is 12.1 Å². The first kappa shape index (κ1) is 20.7. The Labute approximate surface area is 160 Å². The third-order valence-corrected chi connectivity index (χ3v) is 3.85. The highest BCUT2D eigenvalue weighted by molar-refractivity contribution is 5.79. The maximum Gasteiger partial charge on any atom is 0.191 e. The van der Waals surface area contributed by atoms with Gasteiger partial charge in [-0.05, 0) is 49.9 Å². The number of rotatable bonds is 10. The summed E-state index contributed by atoms with van der Waals surface area (Å²) in [7, 11) is 0. The number of guanidine groups is 1. The van der Waals surface area contributed by atoms with E-state index in [0.717, 1.165) is 43.3 Å². The van der Waals surface area contributed by atoms with Crippen molar-refractivity contribution in [1.29, 1.82) is 0 Å². The summed E-state index contributed by atoms with van der Waals surface area (Å²) < 4.78 is 23.7. The summed E-state index contributed by atoms with van der Waals surface area (Å²) in [5, 5.41) is 10.6. The van der Waals surface area contributed by atoms with E-state index in [2.05, 4.69) is 34.6 Å². The number of nitrogens with zero attached hydrogens (tertiary/aromatic N) is 2. The average Bonchev–Trinajstić information content (AvgIpc) is 3.13. The van der Waals surface area contributed by atoms with Crippen molar-refractivity contribution in [2.75, 3.05) is 19.7 Å². The van der Waals surface area contributed by atoms with E-state index >= 15 is 0 Å². The fourth-order valence-corrected chi connectivity index (χ4v) is 2.33. The number of aromatic nitrogens is 1. The number of ether oxygens (including phenoxy) is 1. The van der Waals surface area contributed by atoms with Crippen molar-refractivity contribution in [1.82, 2.24) is 15.8 Å². The van der Waals surface area contributed by atoms with Gasteiger partial charge in [0, 0.05) is 19.2 Å². The van der Waals surface area contributed by atoms with E-state index in [1.165, 1.54) is 12.1 Å². The van der Waals surface area contributed by atoms with Crippen LogP contribution in [0, 0.1) is 5.82 Å². The second-order valence-corrected chi connectivity index (χ2v) is 6.50. The molecule has 2 N–H and O–H groups in total. The molecule has 0 aliphatic rings. The highest BCUT2D eigenvalue weighted by atomic mass is 19.1. The fraction of sp³-hybridized carbons (Fsp3) is 0.500. The van der Waals surface area contributed by atoms with Gasteiger partial charge in [0.2, 0.25) is 0 Å². The SMILES string of the molecule is CCNC(=NCc1cc(C(C)C)no1)NCCCCOc1ccc(F)cc1. The van der Waals surface area contributed by atoms with Crippen molar-refractivity contribution in [3.8, 4) is 5.75 Å². The smallest absolute Gasteiger partial charge is 0.191 e. The molecule has 0 atom stereocenters. The van der Waals surface area contributed by atoms with Crippen LogP contribution in [0.15, 0.2) is 39.8 Å². The third-order valence-electron chi connectivity index (χ3n) is 3.85. The molecule has 6 nitrogen and oxygen atoms in total. The number of benzene rings is 1. The summed E-state index contributed by atoms with van der Waals surface area (Å²) in [6.07, 6.45) is 1.83. The van der Waals surface area contributed by atoms with Crippen LogP contribution in [0.1, 0.15) is 51.0 Å². The van der Waals surface area contributed by atoms with Crippen LogP contribution < -0.4 is 15.4 Å². The second-order valence-electron chi connectivity index (χ2n) is 6.50. The van der Waals surface area contributed by atoms with Crippen molar-refractivity contribution >= 4 is 5.96 Å². The normalized spacial score (nSPS) is 11.7. The van der Waals surface area contributed by atoms with Gasteiger partial charge in [-0.3, -0.25) is 0 Å². The molecule has 1 heterocycles. The van der Waals surface area contributed by atoms with Gasteiger partial charge in [-0.2, -0.15) is 0 Å². The van der Waals surface area contributed by atoms with E-state index in [-0.39, 0.29) is 5.82 Å². The molecule has 0 spiro atoms. The first-order chi connectivity index (χ1) is 13.1. The highest BCUT2D eigenvalue weighted by Gasteiger charge is 2.07. The second kappa shape index (κ2) is 11.2. The van der Waals surface area contributed by atoms with Crippen LogP contribution in [0.4, 0.5) is 4.39 Å². The van der Waals surface area contributed by atoms with Gasteiger partial charge in [0.25, 0.3) is 0 Å². The Bertz CT molecular complexity index is 698. The van der Waals surface area contributed by atoms with Gasteiger partial charge in [0.1, 0.15) is 18.1 Å². The predicted octanol–water partition coefficient (Wildman–Crippen LogP) is 3.85. The van der Waals surface area contributed by atoms with Crippen molar-refractivity contribution in [3.05, 3.63) is 47.6 Å². The van der Waals surface area contributed by atoms with Crippen LogP contribution in [0.5, 0.6) is 5.75 Å². The molecule has 0 aliphatic carbocycles. The molecule has 1 aromatic carbocycles. The summed E-state index contributed by atoms with van der Waals surface area (Å²) in [5.74, 6) is 2.28. The van der Waals surface area contributed by atoms with Gasteiger partial charge < -0.3 is 19.9 Å². The van der Waals surface area contributed by atoms with Crippen molar-refractivity contribution < 1.29 is 13.7 Å². The molecule has 0 saturated heterocycles. The lowest BCUT2D eigenvalue weighted by Gasteiger charge is -2.11. The maximum absolute atomic E-state index is 12.8. The molecule has 7 heteroatoms. The minimum Gasteiger partial charge on any atom is -0.494 e. The van der Waals surface area contributed by atoms with Crippen molar-refractivity contribution in [3.63, 3.8) is 0 Å². The quantitative estimate of drug-likeness (QED) is 0.374. The van der Waals surface area contributed by atoms with Gasteiger partial charge in [-0.1, -0.05) is 19.0 Å². The molecule has 27 heavy (non-hydrogen) atoms. The molecule has 0 fully saturated rings. The number of hydrogen-bond donors (Lipinski definition) is 2. The summed E-state index contributed by atoms with van der Waals surface area (Å²) in [6.45, 7) is 8.80. The molecule has 0 bridgehead atoms. The van der Waals surface area contributed by atoms with E-state index in [9.17, 15) is 4.39 Å². The van der Waals surface area contributed by atoms with Crippen LogP contribution in [0.25, 0.3) is 0 Å². The summed E-state index contributed by atoms with van der Waals surface area (Å²) in [5.41, 5.74) is 0.944. The first-order valence-electron chi connectivity index (χ1n) is 9.44. The van der Waals surface area contributed by atoms with E-state index < -0.39 is 0 Å². The number of unbranched alkanes of at least 4 members (excludes halogenated alkanes) is 1. The standard InChI is InChI=1S/C20H29FN4O2/c1-4-22-20(24-14-18-13-19(15(2)3)25-27-18)23-11-5-6-12-26-17-9-7-16(21)8-10-17/h7-10,13,15H,4-6,11-12,14H2,1-3H3,(H2,22,23,24). The molecule has 0 unspecified atom stereocenters. The Morgan fingerprint density at radius 1 is 1.22 bits per heavy atom. The third kappa shape index (κ3) is 7.68. The summed E-state index contributed by atoms with van der Waals surface area (Å²) in [6, 6.07) is 8.02. The Kier molecular flexibility index (Phi) is 8.61. The number of hydrogen-bond acceptors (Lipinski definition) is 4. The minimum absolute atomic E-state index is 0.257. The molecule has 1 aromatic heterocycles. The Hall–Kier alpha value is -2.57. The Balaban J connectivity index is 1.67. The van der Waals surface area contributed by atoms with Crippen molar-refractivity contribution in [2.45, 2.75) is 46.1 Å². The molecular weight excluding hydrogens is 347 g/mol. The molecule has 2 rings (SSSR count). The molecule has 148 valence electrons. The largest absolute Gasteiger partial charge is 0.494 e. The Morgan fingerprint density at radius 3 is 2.67 bits per heavy atom. The van der Waals surface area contributed by atoms with E-state index in [1.807, 2.05) is 13.0 Å². The summed E-state index contributed by atoms with van der Waals surface area (Å²) >= 11 is 0. The fourth-order valence-electron chi connectivity index (χ4n) is 2.33. The minimum atomic E-state index is -0.257. The highest BCUT2D eigenvalue weighted by Crippen LogP contribution is 2.14. The van der Waals surface area contributed by atoms with E-state index in [0.29, 0.717) is 24.8 Å². The number of halogens is 1. The van der Waals surface area contributed by atoms with Crippen molar-refractivity contribution in [2.24, 2.45) is 4.99 Å². The van der Waals surface area contributed by atoms with Crippen LogP contribution in [0.3, 0.4) is 0 Å². The average molecular weight is 376 g/mol. The summed E-state index contributed by atoms with van der Waals surface area (Å²) in [4.78, 5) is 4.52. The predicted molar refractivity (Wildman–Crippen MR) is 105 cm³/mol. The zero-order chi connectivity index (χ0) is 19.5. The lowest BCUT2D eigenvalue weighted by molar-refractivity contribution is 0.306. The molecule has 0 aliphatic heterocycles. The van der Waals surface area contributed by atoms with Crippen LogP contribution in [0.2, 0.25) is 0 Å². The molecular formula is C20H29FN4O2. The molecule has 0 radical (unpaired) electrons. The molecule has 0 saturated carbocycles. The van der Waals surface area contributed by atoms with Gasteiger partial charge in [0.05, 0.1) is 12.3 Å². The van der Waals surface area contributed by atoms with Gasteiger partial charge >= 0.3 is 0 Å². The zero-order valence-electron chi connectivity index (χ0n) is 16.3. The lowest BCUT2D eigenvalue weighted by Crippen LogP contribution is -2.37. The van der Waals surface area contributed by atoms with Crippen LogP contribution in [-0.2, 0) is 6.54 Å². The molecule has 0 amide bonds. The van der Waals surface area contributed by atoms with Crippen LogP contribution in [-0.4, -0.2) is 30.8 Å².